The van der Waals surface area contributed by atoms with Gasteiger partial charge in [0.2, 0.25) is 21.8 Å². The second-order valence-corrected chi connectivity index (χ2v) is 11.9. The van der Waals surface area contributed by atoms with E-state index in [1.165, 1.54) is 0 Å². The molecule has 2 rings (SSSR count). The number of sulfonamides is 1. The van der Waals surface area contributed by atoms with Crippen LogP contribution in [0.2, 0.25) is 0 Å². The summed E-state index contributed by atoms with van der Waals surface area (Å²) in [7, 11) is -3.37. The smallest absolute Gasteiger partial charge is 0.248 e. The van der Waals surface area contributed by atoms with Crippen molar-refractivity contribution in [3.63, 3.8) is 0 Å². The summed E-state index contributed by atoms with van der Waals surface area (Å²) in [5.74, 6) is 0.178. The number of nitrogens with one attached hydrogen (secondary N) is 2. The summed E-state index contributed by atoms with van der Waals surface area (Å²) in [4.78, 5) is 24.5. The molecule has 0 bridgehead atoms. The van der Waals surface area contributed by atoms with Crippen molar-refractivity contribution in [2.75, 3.05) is 12.3 Å². The Kier molecular flexibility index (Phi) is 8.13. The van der Waals surface area contributed by atoms with Crippen LogP contribution in [0, 0.1) is 5.92 Å². The molecule has 0 radical (unpaired) electrons. The fourth-order valence-electron chi connectivity index (χ4n) is 3.10. The molecule has 162 valence electrons. The fraction of sp³-hybridized carbons (Fsp3) is 0.600. The van der Waals surface area contributed by atoms with Gasteiger partial charge in [-0.05, 0) is 64.7 Å². The molecule has 1 aliphatic rings. The third-order valence-electron chi connectivity index (χ3n) is 5.01. The van der Waals surface area contributed by atoms with Gasteiger partial charge in [0.15, 0.2) is 0 Å². The van der Waals surface area contributed by atoms with E-state index in [0.29, 0.717) is 43.5 Å². The van der Waals surface area contributed by atoms with E-state index in [2.05, 4.69) is 10.0 Å². The summed E-state index contributed by atoms with van der Waals surface area (Å²) in [6, 6.07) is 7.00. The Labute approximate surface area is 177 Å². The zero-order chi connectivity index (χ0) is 21.7. The number of thioether (sulfide) groups is 1. The molecular formula is C20H31N3O4S2. The summed E-state index contributed by atoms with van der Waals surface area (Å²) in [6.07, 6.45) is 2.69. The summed E-state index contributed by atoms with van der Waals surface area (Å²) in [5, 5.41) is 2.96. The predicted molar refractivity (Wildman–Crippen MR) is 116 cm³/mol. The largest absolute Gasteiger partial charge is 0.366 e. The second-order valence-electron chi connectivity index (χ2n) is 8.31. The van der Waals surface area contributed by atoms with Crippen LogP contribution in [0.1, 0.15) is 56.8 Å². The number of nitrogens with two attached hydrogens (primary N) is 1. The number of primary amides is 1. The lowest BCUT2D eigenvalue weighted by Crippen LogP contribution is -2.46. The third-order valence-corrected chi connectivity index (χ3v) is 8.27. The quantitative estimate of drug-likeness (QED) is 0.422. The molecular weight excluding hydrogens is 410 g/mol. The molecule has 0 aromatic heterocycles. The molecule has 1 saturated carbocycles. The van der Waals surface area contributed by atoms with Gasteiger partial charge in [-0.2, -0.15) is 0 Å². The van der Waals surface area contributed by atoms with Crippen molar-refractivity contribution >= 4 is 33.6 Å². The number of benzene rings is 1. The third kappa shape index (κ3) is 7.01. The maximum atomic E-state index is 12.4. The Morgan fingerprint density at radius 3 is 2.41 bits per heavy atom. The molecule has 1 aliphatic carbocycles. The van der Waals surface area contributed by atoms with Crippen molar-refractivity contribution in [3.8, 4) is 0 Å². The minimum absolute atomic E-state index is 0.0219. The van der Waals surface area contributed by atoms with Crippen LogP contribution < -0.4 is 15.8 Å². The first-order valence-corrected chi connectivity index (χ1v) is 12.3. The van der Waals surface area contributed by atoms with Gasteiger partial charge in [-0.1, -0.05) is 6.07 Å². The molecule has 1 aromatic rings. The van der Waals surface area contributed by atoms with Gasteiger partial charge in [0.25, 0.3) is 0 Å². The first-order chi connectivity index (χ1) is 13.5. The summed E-state index contributed by atoms with van der Waals surface area (Å²) < 4.78 is 26.5. The number of rotatable bonds is 8. The van der Waals surface area contributed by atoms with Crippen LogP contribution in [0.25, 0.3) is 0 Å². The Morgan fingerprint density at radius 2 is 1.83 bits per heavy atom. The van der Waals surface area contributed by atoms with E-state index in [-0.39, 0.29) is 17.9 Å². The fourth-order valence-corrected chi connectivity index (χ4v) is 4.95. The number of hydrogen-bond donors (Lipinski definition) is 3. The molecule has 0 heterocycles. The monoisotopic (exact) mass is 441 g/mol. The van der Waals surface area contributed by atoms with E-state index in [4.69, 9.17) is 5.73 Å². The first kappa shape index (κ1) is 23.7. The van der Waals surface area contributed by atoms with E-state index < -0.39 is 20.7 Å². The normalized spacial score (nSPS) is 20.2. The van der Waals surface area contributed by atoms with Crippen molar-refractivity contribution in [2.24, 2.45) is 11.7 Å². The zero-order valence-corrected chi connectivity index (χ0v) is 18.9. The van der Waals surface area contributed by atoms with Crippen molar-refractivity contribution in [1.82, 2.24) is 10.0 Å². The molecule has 0 spiro atoms. The van der Waals surface area contributed by atoms with Crippen molar-refractivity contribution in [2.45, 2.75) is 62.1 Å². The Hall–Kier alpha value is -1.58. The SMILES string of the molecule is CC(C)(C)S(=O)(=O)NC1CCC(C(=O)NCCSc2cccc(C(N)=O)c2)CC1. The molecule has 0 saturated heterocycles. The van der Waals surface area contributed by atoms with Crippen molar-refractivity contribution in [3.05, 3.63) is 29.8 Å². The van der Waals surface area contributed by atoms with Crippen molar-refractivity contribution < 1.29 is 18.0 Å². The van der Waals surface area contributed by atoms with Crippen LogP contribution in [-0.2, 0) is 14.8 Å². The van der Waals surface area contributed by atoms with Crippen molar-refractivity contribution in [1.29, 1.82) is 0 Å². The van der Waals surface area contributed by atoms with Gasteiger partial charge >= 0.3 is 0 Å². The Balaban J connectivity index is 1.71. The zero-order valence-electron chi connectivity index (χ0n) is 17.2. The molecule has 9 heteroatoms. The van der Waals surface area contributed by atoms with E-state index >= 15 is 0 Å². The maximum absolute atomic E-state index is 12.4. The van der Waals surface area contributed by atoms with Gasteiger partial charge < -0.3 is 11.1 Å². The van der Waals surface area contributed by atoms with E-state index in [9.17, 15) is 18.0 Å². The summed E-state index contributed by atoms with van der Waals surface area (Å²) in [5.41, 5.74) is 5.75. The molecule has 29 heavy (non-hydrogen) atoms. The van der Waals surface area contributed by atoms with E-state index in [0.717, 1.165) is 4.90 Å². The lowest BCUT2D eigenvalue weighted by molar-refractivity contribution is -0.125. The molecule has 4 N–H and O–H groups in total. The van der Waals surface area contributed by atoms with Gasteiger partial charge in [-0.25, -0.2) is 13.1 Å². The van der Waals surface area contributed by atoms with Crippen LogP contribution in [0.5, 0.6) is 0 Å². The molecule has 1 aromatic carbocycles. The van der Waals surface area contributed by atoms with E-state index in [1.54, 1.807) is 50.7 Å². The summed E-state index contributed by atoms with van der Waals surface area (Å²) in [6.45, 7) is 5.56. The average molecular weight is 442 g/mol. The van der Waals surface area contributed by atoms with Gasteiger partial charge in [0.1, 0.15) is 0 Å². The first-order valence-electron chi connectivity index (χ1n) is 9.82. The highest BCUT2D eigenvalue weighted by molar-refractivity contribution is 7.99. The van der Waals surface area contributed by atoms with E-state index in [1.807, 2.05) is 6.07 Å². The highest BCUT2D eigenvalue weighted by atomic mass is 32.2. The summed E-state index contributed by atoms with van der Waals surface area (Å²) >= 11 is 1.55. The van der Waals surface area contributed by atoms with Gasteiger partial charge in [-0.15, -0.1) is 11.8 Å². The lowest BCUT2D eigenvalue weighted by atomic mass is 9.86. The molecule has 7 nitrogen and oxygen atoms in total. The molecule has 0 unspecified atom stereocenters. The molecule has 0 aliphatic heterocycles. The maximum Gasteiger partial charge on any atom is 0.248 e. The minimum Gasteiger partial charge on any atom is -0.366 e. The van der Waals surface area contributed by atoms with Crippen LogP contribution >= 0.6 is 11.8 Å². The highest BCUT2D eigenvalue weighted by Crippen LogP contribution is 2.26. The Morgan fingerprint density at radius 1 is 1.17 bits per heavy atom. The Bertz CT molecular complexity index is 826. The van der Waals surface area contributed by atoms with Crippen LogP contribution in [0.4, 0.5) is 0 Å². The molecule has 1 fully saturated rings. The standard InChI is InChI=1S/C20H31N3O4S2/c1-20(2,3)29(26,27)23-16-9-7-14(8-10-16)19(25)22-11-12-28-17-6-4-5-15(13-17)18(21)24/h4-6,13-14,16,23H,7-12H2,1-3H3,(H2,21,24)(H,22,25). The van der Waals surface area contributed by atoms with Gasteiger partial charge in [0.05, 0.1) is 4.75 Å². The van der Waals surface area contributed by atoms with Gasteiger partial charge in [-0.3, -0.25) is 9.59 Å². The lowest BCUT2D eigenvalue weighted by Gasteiger charge is -2.30. The minimum atomic E-state index is -3.37. The second kappa shape index (κ2) is 9.95. The predicted octanol–water partition coefficient (Wildman–Crippen LogP) is 2.27. The molecule has 2 amide bonds. The number of carbonyl (C=O) groups is 2. The molecule has 0 atom stereocenters. The highest BCUT2D eigenvalue weighted by Gasteiger charge is 2.33. The van der Waals surface area contributed by atoms with Crippen LogP contribution in [0.3, 0.4) is 0 Å². The van der Waals surface area contributed by atoms with Crippen LogP contribution in [-0.4, -0.2) is 43.3 Å². The van der Waals surface area contributed by atoms with Gasteiger partial charge in [0, 0.05) is 34.7 Å². The number of hydrogen-bond acceptors (Lipinski definition) is 5. The topological polar surface area (TPSA) is 118 Å². The number of carbonyl (C=O) groups excluding carboxylic acids is 2. The van der Waals surface area contributed by atoms with Crippen LogP contribution in [0.15, 0.2) is 29.2 Å². The average Bonchev–Trinajstić information content (AvgIpc) is 2.64. The number of amides is 2.